The van der Waals surface area contributed by atoms with Crippen molar-refractivity contribution in [2.75, 3.05) is 46.2 Å². The molecule has 7 nitrogen and oxygen atoms in total. The van der Waals surface area contributed by atoms with Crippen LogP contribution in [0.4, 0.5) is 0 Å². The van der Waals surface area contributed by atoms with Gasteiger partial charge in [-0.25, -0.2) is 4.99 Å². The topological polar surface area (TPSA) is 67.7 Å². The van der Waals surface area contributed by atoms with Gasteiger partial charge in [-0.2, -0.15) is 0 Å². The molecule has 0 aliphatic carbocycles. The van der Waals surface area contributed by atoms with E-state index in [-0.39, 0.29) is 6.08 Å². The lowest BCUT2D eigenvalue weighted by Crippen LogP contribution is -2.46. The van der Waals surface area contributed by atoms with Gasteiger partial charge in [-0.3, -0.25) is 0 Å². The van der Waals surface area contributed by atoms with Crippen LogP contribution in [-0.4, -0.2) is 61.1 Å². The zero-order valence-electron chi connectivity index (χ0n) is 15.5. The Morgan fingerprint density at radius 2 is 1.54 bits per heavy atom. The van der Waals surface area contributed by atoms with E-state index in [1.165, 1.54) is 6.26 Å². The van der Waals surface area contributed by atoms with Crippen LogP contribution in [0.2, 0.25) is 6.04 Å². The van der Waals surface area contributed by atoms with Gasteiger partial charge in [0.05, 0.1) is 12.9 Å². The van der Waals surface area contributed by atoms with Crippen molar-refractivity contribution in [3.05, 3.63) is 12.8 Å². The number of nitrogens with zero attached hydrogens (tertiary/aromatic N) is 1. The van der Waals surface area contributed by atoms with E-state index < -0.39 is 8.80 Å². The standard InChI is InChI=1S/C16H33NO6Si/c1-6-18-13-14-20-16(19-7-2)17-12-11-15-24(21-8-3,22-9-4)23-10-5/h6H,1,7-15H2,2-5H3. The molecule has 0 aliphatic rings. The maximum absolute atomic E-state index is 5.81. The summed E-state index contributed by atoms with van der Waals surface area (Å²) in [6, 6.07) is 0.713. The molecule has 0 fully saturated rings. The van der Waals surface area contributed by atoms with Crippen molar-refractivity contribution in [3.63, 3.8) is 0 Å². The summed E-state index contributed by atoms with van der Waals surface area (Å²) in [5, 5.41) is 0. The van der Waals surface area contributed by atoms with Gasteiger partial charge in [-0.05, 0) is 34.1 Å². The molecule has 0 N–H and O–H groups in total. The van der Waals surface area contributed by atoms with Crippen molar-refractivity contribution in [2.45, 2.75) is 40.2 Å². The van der Waals surface area contributed by atoms with Gasteiger partial charge in [0, 0.05) is 32.4 Å². The van der Waals surface area contributed by atoms with E-state index in [0.717, 1.165) is 6.42 Å². The fraction of sp³-hybridized carbons (Fsp3) is 0.812. The predicted molar refractivity (Wildman–Crippen MR) is 96.1 cm³/mol. The molecule has 0 radical (unpaired) electrons. The van der Waals surface area contributed by atoms with Gasteiger partial charge in [-0.1, -0.05) is 6.58 Å². The molecule has 0 aromatic rings. The monoisotopic (exact) mass is 363 g/mol. The second-order valence-corrected chi connectivity index (χ2v) is 7.28. The van der Waals surface area contributed by atoms with Crippen molar-refractivity contribution >= 4 is 14.9 Å². The lowest BCUT2D eigenvalue weighted by molar-refractivity contribution is 0.0709. The summed E-state index contributed by atoms with van der Waals surface area (Å²) in [5.41, 5.74) is 0. The van der Waals surface area contributed by atoms with Gasteiger partial charge >= 0.3 is 14.9 Å². The maximum Gasteiger partial charge on any atom is 0.500 e. The molecule has 8 heteroatoms. The highest BCUT2D eigenvalue weighted by atomic mass is 28.4. The molecule has 0 rings (SSSR count). The quantitative estimate of drug-likeness (QED) is 0.146. The summed E-state index contributed by atoms with van der Waals surface area (Å²) in [5.74, 6) is 0. The van der Waals surface area contributed by atoms with E-state index in [4.69, 9.17) is 27.5 Å². The Kier molecular flexibility index (Phi) is 14.7. The summed E-state index contributed by atoms with van der Waals surface area (Å²) in [4.78, 5) is 4.34. The summed E-state index contributed by atoms with van der Waals surface area (Å²) in [6.45, 7) is 14.8. The maximum atomic E-state index is 5.81. The average Bonchev–Trinajstić information content (AvgIpc) is 2.56. The molecule has 0 spiro atoms. The molecule has 0 aliphatic heterocycles. The number of ether oxygens (including phenoxy) is 3. The second-order valence-electron chi connectivity index (χ2n) is 4.55. The Morgan fingerprint density at radius 3 is 2.04 bits per heavy atom. The zero-order chi connectivity index (χ0) is 18.1. The Hall–Kier alpha value is -1.09. The molecule has 0 atom stereocenters. The van der Waals surface area contributed by atoms with Crippen molar-refractivity contribution in [1.29, 1.82) is 0 Å². The molecule has 0 unspecified atom stereocenters. The van der Waals surface area contributed by atoms with Crippen LogP contribution in [0.25, 0.3) is 0 Å². The minimum absolute atomic E-state index is 0.279. The Balaban J connectivity index is 4.43. The molecule has 0 aromatic heterocycles. The molecule has 0 bridgehead atoms. The molecule has 0 aromatic carbocycles. The number of rotatable bonds is 15. The first-order valence-corrected chi connectivity index (χ1v) is 10.6. The van der Waals surface area contributed by atoms with E-state index in [9.17, 15) is 0 Å². The molecule has 0 saturated heterocycles. The van der Waals surface area contributed by atoms with Gasteiger partial charge < -0.3 is 27.5 Å². The molecular weight excluding hydrogens is 330 g/mol. The first-order valence-electron chi connectivity index (χ1n) is 8.62. The first kappa shape index (κ1) is 22.9. The van der Waals surface area contributed by atoms with Crippen molar-refractivity contribution in [1.82, 2.24) is 0 Å². The fourth-order valence-corrected chi connectivity index (χ4v) is 4.58. The Morgan fingerprint density at radius 1 is 0.917 bits per heavy atom. The minimum atomic E-state index is -2.60. The third-order valence-electron chi connectivity index (χ3n) is 2.79. The predicted octanol–water partition coefficient (Wildman–Crippen LogP) is 2.99. The van der Waals surface area contributed by atoms with Crippen LogP contribution in [0.1, 0.15) is 34.1 Å². The summed E-state index contributed by atoms with van der Waals surface area (Å²) < 4.78 is 33.2. The SMILES string of the molecule is C=COCCOC(=NCCC[Si](OCC)(OCC)OCC)OCC. The van der Waals surface area contributed by atoms with Gasteiger partial charge in [0.2, 0.25) is 0 Å². The average molecular weight is 364 g/mol. The Labute approximate surface area is 147 Å². The van der Waals surface area contributed by atoms with Crippen molar-refractivity contribution in [2.24, 2.45) is 4.99 Å². The zero-order valence-corrected chi connectivity index (χ0v) is 16.5. The summed E-state index contributed by atoms with van der Waals surface area (Å²) in [7, 11) is -2.60. The fourth-order valence-electron chi connectivity index (χ4n) is 1.98. The van der Waals surface area contributed by atoms with E-state index in [1.54, 1.807) is 0 Å². The van der Waals surface area contributed by atoms with Crippen molar-refractivity contribution in [3.8, 4) is 0 Å². The van der Waals surface area contributed by atoms with Crippen molar-refractivity contribution < 1.29 is 27.5 Å². The Bertz CT molecular complexity index is 324. The van der Waals surface area contributed by atoms with Crippen LogP contribution in [0.5, 0.6) is 0 Å². The molecule has 142 valence electrons. The molecule has 24 heavy (non-hydrogen) atoms. The van der Waals surface area contributed by atoms with E-state index >= 15 is 0 Å². The van der Waals surface area contributed by atoms with E-state index in [1.807, 2.05) is 27.7 Å². The molecular formula is C16H33NO6Si. The highest BCUT2D eigenvalue weighted by Gasteiger charge is 2.39. The number of hydrogen-bond acceptors (Lipinski definition) is 7. The lowest BCUT2D eigenvalue weighted by Gasteiger charge is -2.28. The van der Waals surface area contributed by atoms with Crippen LogP contribution in [-0.2, 0) is 27.5 Å². The minimum Gasteiger partial charge on any atom is -0.498 e. The first-order chi connectivity index (χ1) is 11.7. The molecule has 0 heterocycles. The van der Waals surface area contributed by atoms with Crippen LogP contribution in [0, 0.1) is 0 Å². The van der Waals surface area contributed by atoms with Crippen LogP contribution < -0.4 is 0 Å². The van der Waals surface area contributed by atoms with E-state index in [2.05, 4.69) is 11.6 Å². The smallest absolute Gasteiger partial charge is 0.498 e. The van der Waals surface area contributed by atoms with Gasteiger partial charge in [0.1, 0.15) is 13.2 Å². The van der Waals surface area contributed by atoms with Gasteiger partial charge in [0.15, 0.2) is 0 Å². The number of hydrogen-bond donors (Lipinski definition) is 0. The second kappa shape index (κ2) is 15.4. The van der Waals surface area contributed by atoms with E-state index in [0.29, 0.717) is 52.2 Å². The summed E-state index contributed by atoms with van der Waals surface area (Å²) in [6.07, 6.45) is 2.43. The third kappa shape index (κ3) is 10.6. The molecule has 0 saturated carbocycles. The number of aliphatic imine (C=N–C) groups is 1. The van der Waals surface area contributed by atoms with Crippen LogP contribution in [0.15, 0.2) is 17.8 Å². The van der Waals surface area contributed by atoms with Gasteiger partial charge in [-0.15, -0.1) is 0 Å². The highest BCUT2D eigenvalue weighted by Crippen LogP contribution is 2.18. The van der Waals surface area contributed by atoms with Crippen LogP contribution >= 0.6 is 0 Å². The summed E-state index contributed by atoms with van der Waals surface area (Å²) >= 11 is 0. The lowest BCUT2D eigenvalue weighted by atomic mass is 10.5. The molecule has 0 amide bonds. The third-order valence-corrected chi connectivity index (χ3v) is 5.94. The largest absolute Gasteiger partial charge is 0.500 e. The van der Waals surface area contributed by atoms with Crippen LogP contribution in [0.3, 0.4) is 0 Å². The normalized spacial score (nSPS) is 12.1. The van der Waals surface area contributed by atoms with Gasteiger partial charge in [0.25, 0.3) is 0 Å². The highest BCUT2D eigenvalue weighted by molar-refractivity contribution is 6.60.